The molecule has 0 radical (unpaired) electrons. The van der Waals surface area contributed by atoms with E-state index < -0.39 is 24.2 Å². The number of hydrogen-bond donors (Lipinski definition) is 2. The van der Waals surface area contributed by atoms with E-state index in [1.165, 1.54) is 39.0 Å². The Balaban J connectivity index is 1.42. The lowest BCUT2D eigenvalue weighted by Crippen LogP contribution is -2.48. The number of nitrogens with zero attached hydrogens (tertiary/aromatic N) is 2. The highest BCUT2D eigenvalue weighted by molar-refractivity contribution is 7.99. The highest BCUT2D eigenvalue weighted by atomic mass is 32.2. The van der Waals surface area contributed by atoms with E-state index in [9.17, 15) is 14.4 Å². The number of likely N-dealkylation sites (tertiary alicyclic amines) is 1. The number of amides is 1. The Morgan fingerprint density at radius 1 is 1.33 bits per heavy atom. The molecular weight excluding hydrogens is 484 g/mol. The number of rotatable bonds is 11. The van der Waals surface area contributed by atoms with Crippen LogP contribution in [0.2, 0.25) is 0 Å². The van der Waals surface area contributed by atoms with Crippen LogP contribution in [0.25, 0.3) is 10.9 Å². The molecule has 1 atom stereocenters. The fraction of sp³-hybridized carbons (Fsp3) is 0.630. The van der Waals surface area contributed by atoms with Crippen LogP contribution in [0.1, 0.15) is 68.7 Å². The highest BCUT2D eigenvalue weighted by Gasteiger charge is 2.41. The molecule has 2 fully saturated rings. The summed E-state index contributed by atoms with van der Waals surface area (Å²) in [5.41, 5.74) is 2.03. The summed E-state index contributed by atoms with van der Waals surface area (Å²) in [7, 11) is 1.53. The highest BCUT2D eigenvalue weighted by Crippen LogP contribution is 2.42. The van der Waals surface area contributed by atoms with Gasteiger partial charge in [0.25, 0.3) is 0 Å². The average molecular weight is 522 g/mol. The Hall–Kier alpha value is -1.97. The topological polar surface area (TPSA) is 74.7 Å². The Labute approximate surface area is 216 Å². The van der Waals surface area contributed by atoms with Gasteiger partial charge in [0, 0.05) is 40.3 Å². The fourth-order valence-corrected chi connectivity index (χ4v) is 7.07. The van der Waals surface area contributed by atoms with E-state index in [-0.39, 0.29) is 24.0 Å². The zero-order valence-corrected chi connectivity index (χ0v) is 21.8. The Morgan fingerprint density at radius 3 is 2.75 bits per heavy atom. The third kappa shape index (κ3) is 6.11. The molecule has 2 aromatic rings. The van der Waals surface area contributed by atoms with Gasteiger partial charge in [-0.15, -0.1) is 0 Å². The van der Waals surface area contributed by atoms with Crippen molar-refractivity contribution in [2.75, 3.05) is 32.5 Å². The Kier molecular flexibility index (Phi) is 9.41. The normalized spacial score (nSPS) is 19.4. The van der Waals surface area contributed by atoms with E-state index in [1.807, 2.05) is 5.48 Å². The number of pyridine rings is 1. The number of methoxy groups -OCH3 is 1. The minimum absolute atomic E-state index is 0.0499. The number of alkyl halides is 2. The number of ether oxygens (including phenoxy) is 1. The predicted molar refractivity (Wildman–Crippen MR) is 139 cm³/mol. The maximum absolute atomic E-state index is 15.8. The van der Waals surface area contributed by atoms with Gasteiger partial charge in [-0.3, -0.25) is 15.0 Å². The Bertz CT molecular complexity index is 1020. The first kappa shape index (κ1) is 27.1. The lowest BCUT2D eigenvalue weighted by Gasteiger charge is -2.40. The molecule has 0 bridgehead atoms. The van der Waals surface area contributed by atoms with E-state index in [4.69, 9.17) is 4.74 Å². The van der Waals surface area contributed by atoms with Gasteiger partial charge in [-0.05, 0) is 69.8 Å². The molecule has 1 aliphatic carbocycles. The molecule has 6 nitrogen and oxygen atoms in total. The molecule has 2 aliphatic rings. The van der Waals surface area contributed by atoms with Gasteiger partial charge in [-0.1, -0.05) is 12.8 Å². The zero-order chi connectivity index (χ0) is 25.5. The number of hydroxylamine groups is 1. The van der Waals surface area contributed by atoms with Gasteiger partial charge < -0.3 is 9.64 Å². The first-order valence-electron chi connectivity index (χ1n) is 12.9. The van der Waals surface area contributed by atoms with E-state index in [0.29, 0.717) is 29.5 Å². The van der Waals surface area contributed by atoms with Crippen molar-refractivity contribution in [1.82, 2.24) is 15.4 Å². The number of fused-ring (bicyclic) bond motifs is 1. The van der Waals surface area contributed by atoms with Crippen LogP contribution in [0.3, 0.4) is 0 Å². The molecule has 1 aliphatic heterocycles. The molecule has 1 saturated carbocycles. The number of benzene rings is 1. The summed E-state index contributed by atoms with van der Waals surface area (Å²) in [6, 6.07) is 5.15. The standard InChI is InChI=1S/C27H37F2N3O3S/c1-35-20-6-7-24-22(16-20)25(19(17-28)18-30-24)23(29)8-9-27(26(33)31-34)10-12-32(13-11-27)14-15-36-21-4-2-3-5-21/h6-7,16,18,21,23,34H,2-5,8-15,17H2,1H3,(H,31,33). The summed E-state index contributed by atoms with van der Waals surface area (Å²) in [5.74, 6) is 1.17. The second-order valence-corrected chi connectivity index (χ2v) is 11.5. The average Bonchev–Trinajstić information content (AvgIpc) is 3.44. The molecule has 1 saturated heterocycles. The molecule has 2 heterocycles. The number of thioether (sulfide) groups is 1. The zero-order valence-electron chi connectivity index (χ0n) is 21.0. The summed E-state index contributed by atoms with van der Waals surface area (Å²) in [4.78, 5) is 19.4. The van der Waals surface area contributed by atoms with Crippen LogP contribution in [0.15, 0.2) is 24.4 Å². The lowest BCUT2D eigenvalue weighted by atomic mass is 9.73. The second kappa shape index (κ2) is 12.5. The summed E-state index contributed by atoms with van der Waals surface area (Å²) in [5, 5.41) is 10.8. The molecule has 1 amide bonds. The van der Waals surface area contributed by atoms with Crippen LogP contribution >= 0.6 is 11.8 Å². The van der Waals surface area contributed by atoms with Crippen molar-refractivity contribution in [1.29, 1.82) is 0 Å². The minimum atomic E-state index is -1.47. The van der Waals surface area contributed by atoms with Crippen molar-refractivity contribution >= 4 is 28.6 Å². The van der Waals surface area contributed by atoms with Crippen LogP contribution in [-0.4, -0.2) is 58.7 Å². The summed E-state index contributed by atoms with van der Waals surface area (Å²) in [6.07, 6.45) is 6.65. The van der Waals surface area contributed by atoms with Crippen molar-refractivity contribution in [2.45, 2.75) is 69.5 Å². The van der Waals surface area contributed by atoms with E-state index >= 15 is 4.39 Å². The molecule has 1 aromatic heterocycles. The van der Waals surface area contributed by atoms with Gasteiger partial charge in [-0.2, -0.15) is 11.8 Å². The van der Waals surface area contributed by atoms with E-state index in [1.54, 1.807) is 18.2 Å². The first-order valence-corrected chi connectivity index (χ1v) is 14.0. The van der Waals surface area contributed by atoms with Gasteiger partial charge in [-0.25, -0.2) is 14.3 Å². The number of nitrogens with one attached hydrogen (secondary N) is 1. The van der Waals surface area contributed by atoms with Gasteiger partial charge in [0.05, 0.1) is 18.0 Å². The Morgan fingerprint density at radius 2 is 2.08 bits per heavy atom. The molecule has 4 rings (SSSR count). The predicted octanol–water partition coefficient (Wildman–Crippen LogP) is 5.77. The van der Waals surface area contributed by atoms with Crippen molar-refractivity contribution < 1.29 is 23.5 Å². The lowest BCUT2D eigenvalue weighted by molar-refractivity contribution is -0.143. The minimum Gasteiger partial charge on any atom is -0.497 e. The van der Waals surface area contributed by atoms with Crippen molar-refractivity contribution in [3.8, 4) is 5.75 Å². The maximum atomic E-state index is 15.8. The van der Waals surface area contributed by atoms with Crippen molar-refractivity contribution in [3.63, 3.8) is 0 Å². The molecule has 2 N–H and O–H groups in total. The second-order valence-electron chi connectivity index (χ2n) is 10.1. The van der Waals surface area contributed by atoms with Crippen molar-refractivity contribution in [3.05, 3.63) is 35.5 Å². The smallest absolute Gasteiger partial charge is 0.249 e. The summed E-state index contributed by atoms with van der Waals surface area (Å²) >= 11 is 2.05. The summed E-state index contributed by atoms with van der Waals surface area (Å²) in [6.45, 7) is 1.63. The van der Waals surface area contributed by atoms with Gasteiger partial charge in [0.2, 0.25) is 5.91 Å². The molecule has 0 spiro atoms. The van der Waals surface area contributed by atoms with E-state index in [0.717, 1.165) is 30.6 Å². The van der Waals surface area contributed by atoms with Crippen LogP contribution in [0.4, 0.5) is 8.78 Å². The largest absolute Gasteiger partial charge is 0.497 e. The molecule has 9 heteroatoms. The summed E-state index contributed by atoms with van der Waals surface area (Å²) < 4.78 is 34.9. The van der Waals surface area contributed by atoms with Crippen LogP contribution in [0.5, 0.6) is 5.75 Å². The van der Waals surface area contributed by atoms with Crippen molar-refractivity contribution in [2.24, 2.45) is 5.41 Å². The molecular formula is C27H37F2N3O3S. The molecule has 1 unspecified atom stereocenters. The van der Waals surface area contributed by atoms with Gasteiger partial charge >= 0.3 is 0 Å². The number of hydrogen-bond acceptors (Lipinski definition) is 6. The van der Waals surface area contributed by atoms with Gasteiger partial charge in [0.15, 0.2) is 0 Å². The van der Waals surface area contributed by atoms with Crippen LogP contribution in [0, 0.1) is 5.41 Å². The molecule has 36 heavy (non-hydrogen) atoms. The number of piperidine rings is 1. The van der Waals surface area contributed by atoms with Crippen LogP contribution < -0.4 is 10.2 Å². The van der Waals surface area contributed by atoms with Crippen LogP contribution in [-0.2, 0) is 11.5 Å². The quantitative estimate of drug-likeness (QED) is 0.289. The first-order chi connectivity index (χ1) is 17.5. The molecule has 198 valence electrons. The van der Waals surface area contributed by atoms with E-state index in [2.05, 4.69) is 21.6 Å². The molecule has 1 aromatic carbocycles. The SMILES string of the molecule is COc1ccc2ncc(CF)c(C(F)CCC3(C(=O)NO)CCN(CCSC4CCCC4)CC3)c2c1. The number of aromatic nitrogens is 1. The fourth-order valence-electron chi connectivity index (χ4n) is 5.70. The number of carbonyl (C=O) groups is 1. The number of halogens is 2. The number of carbonyl (C=O) groups excluding carboxylic acids is 1. The third-order valence-corrected chi connectivity index (χ3v) is 9.35. The van der Waals surface area contributed by atoms with Gasteiger partial charge in [0.1, 0.15) is 18.6 Å². The maximum Gasteiger partial charge on any atom is 0.249 e. The third-order valence-electron chi connectivity index (χ3n) is 7.99. The monoisotopic (exact) mass is 521 g/mol.